The molecule has 0 aliphatic carbocycles. The SMILES string of the molecule is COC(=O)CN(C(=O)Oc1ccc(C)c(F)c1)[C@@H](C)c1ccc(O[Si](C)(C)C(C)(C)C)cc1.COC(=O)CN[C@@H](C)c1ccc(O[Si](C)(C)C(C)(C)C)cc1.Cc1ccc(OC(=O)Cl)cc1F.OC1CCCO1. The summed E-state index contributed by atoms with van der Waals surface area (Å²) >= 11 is 4.92. The highest BCUT2D eigenvalue weighted by Gasteiger charge is 2.40. The number of carbonyl (C=O) groups is 4. The molecule has 1 aliphatic rings. The van der Waals surface area contributed by atoms with Gasteiger partial charge >= 0.3 is 23.5 Å². The molecule has 14 nitrogen and oxygen atoms in total. The number of halogens is 3. The summed E-state index contributed by atoms with van der Waals surface area (Å²) in [6, 6.07) is 23.4. The van der Waals surface area contributed by atoms with Gasteiger partial charge in [0.05, 0.1) is 26.8 Å². The summed E-state index contributed by atoms with van der Waals surface area (Å²) in [4.78, 5) is 47.5. The fourth-order valence-electron chi connectivity index (χ4n) is 5.79. The van der Waals surface area contributed by atoms with E-state index in [2.05, 4.69) is 82.5 Å². The van der Waals surface area contributed by atoms with Crippen LogP contribution in [0.4, 0.5) is 18.4 Å². The molecule has 1 saturated heterocycles. The van der Waals surface area contributed by atoms with Gasteiger partial charge in [-0.15, -0.1) is 0 Å². The van der Waals surface area contributed by atoms with Gasteiger partial charge in [-0.2, -0.15) is 0 Å². The molecule has 1 heterocycles. The molecule has 0 bridgehead atoms. The van der Waals surface area contributed by atoms with Crippen LogP contribution in [0, 0.1) is 25.5 Å². The molecule has 1 unspecified atom stereocenters. The zero-order chi connectivity index (χ0) is 55.5. The number of nitrogens with zero attached hydrogens (tertiary/aromatic N) is 1. The Morgan fingerprint density at radius 1 is 0.712 bits per heavy atom. The van der Waals surface area contributed by atoms with Gasteiger partial charge in [0.25, 0.3) is 0 Å². The number of hydrogen-bond acceptors (Lipinski definition) is 13. The van der Waals surface area contributed by atoms with Crippen molar-refractivity contribution in [3.63, 3.8) is 0 Å². The second kappa shape index (κ2) is 28.9. The first-order valence-corrected chi connectivity index (χ1v) is 30.1. The van der Waals surface area contributed by atoms with Crippen LogP contribution in [-0.2, 0) is 23.8 Å². The Hall–Kier alpha value is -5.38. The van der Waals surface area contributed by atoms with Gasteiger partial charge in [0.2, 0.25) is 16.6 Å². The fourth-order valence-corrected chi connectivity index (χ4v) is 7.94. The van der Waals surface area contributed by atoms with E-state index in [0.29, 0.717) is 11.1 Å². The van der Waals surface area contributed by atoms with Crippen LogP contribution in [0.25, 0.3) is 0 Å². The van der Waals surface area contributed by atoms with E-state index in [1.165, 1.54) is 43.4 Å². The van der Waals surface area contributed by atoms with E-state index in [1.807, 2.05) is 55.5 Å². The van der Waals surface area contributed by atoms with E-state index in [9.17, 15) is 28.0 Å². The summed E-state index contributed by atoms with van der Waals surface area (Å²) in [7, 11) is -1.15. The molecule has 404 valence electrons. The van der Waals surface area contributed by atoms with E-state index in [0.717, 1.165) is 54.2 Å². The van der Waals surface area contributed by atoms with Crippen molar-refractivity contribution in [1.29, 1.82) is 0 Å². The third-order valence-electron chi connectivity index (χ3n) is 12.7. The van der Waals surface area contributed by atoms with Gasteiger partial charge in [0, 0.05) is 42.8 Å². The van der Waals surface area contributed by atoms with Gasteiger partial charge < -0.3 is 43.0 Å². The molecule has 0 radical (unpaired) electrons. The number of rotatable bonds is 14. The molecule has 0 aromatic heterocycles. The van der Waals surface area contributed by atoms with E-state index < -0.39 is 58.1 Å². The maximum Gasteiger partial charge on any atom is 0.416 e. The summed E-state index contributed by atoms with van der Waals surface area (Å²) in [6.07, 6.45) is 0.601. The number of aliphatic hydroxyl groups excluding tert-OH is 1. The van der Waals surface area contributed by atoms with Crippen molar-refractivity contribution in [3.8, 4) is 23.0 Å². The first kappa shape index (κ1) is 63.7. The van der Waals surface area contributed by atoms with Crippen molar-refractivity contribution in [3.05, 3.63) is 119 Å². The lowest BCUT2D eigenvalue weighted by Crippen LogP contribution is -2.43. The minimum absolute atomic E-state index is 0.0586. The number of aliphatic hydroxyl groups is 1. The molecule has 4 aromatic rings. The Labute approximate surface area is 438 Å². The lowest BCUT2D eigenvalue weighted by molar-refractivity contribution is -0.142. The Morgan fingerprint density at radius 3 is 1.49 bits per heavy atom. The number of methoxy groups -OCH3 is 2. The van der Waals surface area contributed by atoms with Gasteiger partial charge in [0.15, 0.2) is 6.29 Å². The van der Waals surface area contributed by atoms with Gasteiger partial charge in [-0.25, -0.2) is 18.4 Å². The number of carbonyl (C=O) groups excluding carboxylic acids is 4. The minimum atomic E-state index is -1.99. The van der Waals surface area contributed by atoms with E-state index in [1.54, 1.807) is 20.8 Å². The lowest BCUT2D eigenvalue weighted by atomic mass is 10.1. The maximum atomic E-state index is 13.9. The second-order valence-electron chi connectivity index (χ2n) is 20.4. The molecule has 1 fully saturated rings. The number of ether oxygens (including phenoxy) is 5. The molecule has 1 aliphatic heterocycles. The molecular formula is C54H77ClF2N2O12Si2. The normalized spacial score (nSPS) is 14.2. The van der Waals surface area contributed by atoms with Crippen LogP contribution >= 0.6 is 11.6 Å². The summed E-state index contributed by atoms with van der Waals surface area (Å²) < 4.78 is 63.1. The highest BCUT2D eigenvalue weighted by atomic mass is 35.5. The van der Waals surface area contributed by atoms with Crippen LogP contribution in [0.1, 0.15) is 103 Å². The Kier molecular flexibility index (Phi) is 25.2. The highest BCUT2D eigenvalue weighted by Crippen LogP contribution is 2.39. The van der Waals surface area contributed by atoms with Crippen molar-refractivity contribution in [1.82, 2.24) is 10.2 Å². The minimum Gasteiger partial charge on any atom is -0.544 e. The summed E-state index contributed by atoms with van der Waals surface area (Å²) in [5.41, 5.74) is 1.86. The van der Waals surface area contributed by atoms with Crippen LogP contribution in [0.3, 0.4) is 0 Å². The number of aryl methyl sites for hydroxylation is 2. The van der Waals surface area contributed by atoms with Gasteiger partial charge in [-0.1, -0.05) is 77.9 Å². The maximum absolute atomic E-state index is 13.9. The van der Waals surface area contributed by atoms with E-state index >= 15 is 0 Å². The molecule has 19 heteroatoms. The Bertz CT molecular complexity index is 2390. The Morgan fingerprint density at radius 2 is 1.14 bits per heavy atom. The molecule has 3 atom stereocenters. The molecule has 2 N–H and O–H groups in total. The van der Waals surface area contributed by atoms with Crippen LogP contribution < -0.4 is 23.6 Å². The van der Waals surface area contributed by atoms with Crippen molar-refractivity contribution in [2.45, 2.75) is 137 Å². The van der Waals surface area contributed by atoms with Crippen molar-refractivity contribution in [2.75, 3.05) is 33.9 Å². The largest absolute Gasteiger partial charge is 0.544 e. The number of hydrogen-bond donors (Lipinski definition) is 2. The monoisotopic (exact) mass is 1070 g/mol. The molecule has 0 spiro atoms. The Balaban J connectivity index is 0.000000387. The smallest absolute Gasteiger partial charge is 0.416 e. The molecule has 1 amide bonds. The first-order chi connectivity index (χ1) is 33.8. The van der Waals surface area contributed by atoms with Gasteiger partial charge in [-0.3, -0.25) is 14.5 Å². The van der Waals surface area contributed by atoms with Crippen molar-refractivity contribution in [2.24, 2.45) is 0 Å². The average Bonchev–Trinajstić information content (AvgIpc) is 3.80. The average molecular weight is 1080 g/mol. The molecule has 73 heavy (non-hydrogen) atoms. The molecule has 0 saturated carbocycles. The topological polar surface area (TPSA) is 168 Å². The summed E-state index contributed by atoms with van der Waals surface area (Å²) in [5, 5.41) is 11.9. The zero-order valence-electron chi connectivity index (χ0n) is 45.4. The molecule has 5 rings (SSSR count). The zero-order valence-corrected chi connectivity index (χ0v) is 48.1. The quantitative estimate of drug-likeness (QED) is 0.0696. The fraction of sp³-hybridized carbons (Fsp3) is 0.481. The van der Waals surface area contributed by atoms with E-state index in [-0.39, 0.29) is 46.7 Å². The predicted octanol–water partition coefficient (Wildman–Crippen LogP) is 13.1. The van der Waals surface area contributed by atoms with Gasteiger partial charge in [0.1, 0.15) is 41.2 Å². The number of amides is 1. The third-order valence-corrected chi connectivity index (χ3v) is 21.5. The lowest BCUT2D eigenvalue weighted by Gasteiger charge is -2.36. The van der Waals surface area contributed by atoms with Crippen LogP contribution in [0.2, 0.25) is 36.3 Å². The van der Waals surface area contributed by atoms with Crippen LogP contribution in [0.5, 0.6) is 23.0 Å². The van der Waals surface area contributed by atoms with Crippen LogP contribution in [-0.4, -0.2) is 90.3 Å². The second-order valence-corrected chi connectivity index (χ2v) is 30.2. The van der Waals surface area contributed by atoms with Gasteiger partial charge in [-0.05, 0) is 129 Å². The van der Waals surface area contributed by atoms with Crippen molar-refractivity contribution < 1.29 is 65.6 Å². The predicted molar refractivity (Wildman–Crippen MR) is 285 cm³/mol. The number of esters is 2. The number of nitrogens with one attached hydrogen (secondary N) is 1. The summed E-state index contributed by atoms with van der Waals surface area (Å²) in [6.45, 7) is 29.7. The first-order valence-electron chi connectivity index (χ1n) is 23.9. The van der Waals surface area contributed by atoms with Crippen LogP contribution in [0.15, 0.2) is 84.9 Å². The standard InChI is InChI=1S/C25H34FNO5Si.C17H29NO3Si.C8H6ClFO2.C4H8O2/c1-17-9-12-21(15-22(17)26)31-24(29)27(16-23(28)30-6)18(2)19-10-13-20(14-11-19)32-33(7,8)25(3,4)5;1-13(18-12-16(19)20-5)14-8-10-15(11-9-14)21-22(6,7)17(2,3)4;1-5-2-3-6(4-7(5)10)12-8(9)11;5-4-2-1-3-6-4/h9-15,18H,16H2,1-8H3;8-11,13,18H,12H2,1-7H3;2-4H,1H3;4-5H,1-3H2/t18-;13-;;/m00../s1. The number of benzene rings is 4. The molecular weight excluding hydrogens is 998 g/mol. The third kappa shape index (κ3) is 21.9. The summed E-state index contributed by atoms with van der Waals surface area (Å²) in [5.74, 6) is 0.0822. The van der Waals surface area contributed by atoms with E-state index in [4.69, 9.17) is 39.8 Å². The highest BCUT2D eigenvalue weighted by molar-refractivity contribution is 6.75. The van der Waals surface area contributed by atoms with Crippen molar-refractivity contribution >= 4 is 51.7 Å². The molecule has 4 aromatic carbocycles.